The van der Waals surface area contributed by atoms with E-state index in [2.05, 4.69) is 25.0 Å². The number of hydrogen-bond acceptors (Lipinski definition) is 1. The first kappa shape index (κ1) is 7.37. The Morgan fingerprint density at radius 1 is 1.60 bits per heavy atom. The minimum absolute atomic E-state index is 0.277. The van der Waals surface area contributed by atoms with Crippen LogP contribution in [0.15, 0.2) is 12.1 Å². The van der Waals surface area contributed by atoms with Crippen molar-refractivity contribution >= 4 is 11.3 Å². The number of hydrogen-bond donors (Lipinski definition) is 0. The summed E-state index contributed by atoms with van der Waals surface area (Å²) in [7, 11) is 0. The molecule has 1 rings (SSSR count). The smallest absolute Gasteiger partial charge is 0.0515 e. The van der Waals surface area contributed by atoms with Crippen molar-refractivity contribution in [3.8, 4) is 12.3 Å². The van der Waals surface area contributed by atoms with Gasteiger partial charge in [0.05, 0.1) is 5.92 Å². The van der Waals surface area contributed by atoms with Gasteiger partial charge in [-0.05, 0) is 26.0 Å². The SMILES string of the molecule is C#C[C@@H](C)c1ccc(C)s1. The summed E-state index contributed by atoms with van der Waals surface area (Å²) in [6.45, 7) is 4.14. The second kappa shape index (κ2) is 2.90. The lowest BCUT2D eigenvalue weighted by Crippen LogP contribution is -1.81. The number of terminal acetylenes is 1. The van der Waals surface area contributed by atoms with E-state index in [0.717, 1.165) is 0 Å². The molecule has 0 saturated carbocycles. The minimum Gasteiger partial charge on any atom is -0.144 e. The van der Waals surface area contributed by atoms with Crippen LogP contribution in [0, 0.1) is 19.3 Å². The Hall–Kier alpha value is -0.740. The molecule has 0 amide bonds. The Morgan fingerprint density at radius 3 is 2.70 bits per heavy atom. The Labute approximate surface area is 65.9 Å². The van der Waals surface area contributed by atoms with Crippen molar-refractivity contribution in [3.63, 3.8) is 0 Å². The highest BCUT2D eigenvalue weighted by molar-refractivity contribution is 7.12. The molecular formula is C9H10S. The molecule has 0 nitrogen and oxygen atoms in total. The molecule has 0 fully saturated rings. The number of aryl methyl sites for hydroxylation is 1. The molecule has 1 heterocycles. The second-order valence-electron chi connectivity index (χ2n) is 2.34. The third-order valence-electron chi connectivity index (χ3n) is 1.44. The fraction of sp³-hybridized carbons (Fsp3) is 0.333. The van der Waals surface area contributed by atoms with E-state index in [1.165, 1.54) is 9.75 Å². The van der Waals surface area contributed by atoms with Crippen molar-refractivity contribution < 1.29 is 0 Å². The van der Waals surface area contributed by atoms with Crippen molar-refractivity contribution in [1.29, 1.82) is 0 Å². The van der Waals surface area contributed by atoms with E-state index in [9.17, 15) is 0 Å². The number of rotatable bonds is 1. The predicted molar refractivity (Wildman–Crippen MR) is 46.3 cm³/mol. The summed E-state index contributed by atoms with van der Waals surface area (Å²) in [6.07, 6.45) is 5.27. The van der Waals surface area contributed by atoms with Gasteiger partial charge in [0, 0.05) is 9.75 Å². The third kappa shape index (κ3) is 1.40. The molecule has 0 aromatic carbocycles. The largest absolute Gasteiger partial charge is 0.144 e. The molecule has 1 atom stereocenters. The van der Waals surface area contributed by atoms with Crippen molar-refractivity contribution in [3.05, 3.63) is 21.9 Å². The summed E-state index contributed by atoms with van der Waals surface area (Å²) in [5.41, 5.74) is 0. The van der Waals surface area contributed by atoms with Crippen molar-refractivity contribution in [1.82, 2.24) is 0 Å². The zero-order chi connectivity index (χ0) is 7.56. The Morgan fingerprint density at radius 2 is 2.30 bits per heavy atom. The zero-order valence-electron chi connectivity index (χ0n) is 6.22. The first-order valence-electron chi connectivity index (χ1n) is 3.26. The fourth-order valence-electron chi connectivity index (χ4n) is 0.768. The van der Waals surface area contributed by atoms with Gasteiger partial charge >= 0.3 is 0 Å². The van der Waals surface area contributed by atoms with Crippen LogP contribution in [-0.4, -0.2) is 0 Å². The molecule has 0 unspecified atom stereocenters. The predicted octanol–water partition coefficient (Wildman–Crippen LogP) is 2.79. The van der Waals surface area contributed by atoms with Crippen LogP contribution in [0.3, 0.4) is 0 Å². The molecule has 0 aliphatic heterocycles. The first-order valence-corrected chi connectivity index (χ1v) is 4.08. The standard InChI is InChI=1S/C9H10S/c1-4-7(2)9-6-5-8(3)10-9/h1,5-7H,2-3H3/t7-/m1/s1. The molecular weight excluding hydrogens is 140 g/mol. The molecule has 0 N–H and O–H groups in total. The van der Waals surface area contributed by atoms with Crippen LogP contribution in [0.25, 0.3) is 0 Å². The maximum Gasteiger partial charge on any atom is 0.0515 e. The van der Waals surface area contributed by atoms with E-state index < -0.39 is 0 Å². The number of thiophene rings is 1. The molecule has 1 heteroatoms. The van der Waals surface area contributed by atoms with Crippen LogP contribution in [0.2, 0.25) is 0 Å². The van der Waals surface area contributed by atoms with E-state index in [1.807, 2.05) is 6.92 Å². The topological polar surface area (TPSA) is 0 Å². The Balaban J connectivity index is 2.87. The van der Waals surface area contributed by atoms with Gasteiger partial charge in [0.1, 0.15) is 0 Å². The lowest BCUT2D eigenvalue weighted by Gasteiger charge is -1.95. The van der Waals surface area contributed by atoms with Gasteiger partial charge in [0.2, 0.25) is 0 Å². The van der Waals surface area contributed by atoms with Crippen molar-refractivity contribution in [2.45, 2.75) is 19.8 Å². The summed E-state index contributed by atoms with van der Waals surface area (Å²) in [6, 6.07) is 4.21. The van der Waals surface area contributed by atoms with Crippen molar-refractivity contribution in [2.24, 2.45) is 0 Å². The van der Waals surface area contributed by atoms with Gasteiger partial charge < -0.3 is 0 Å². The lowest BCUT2D eigenvalue weighted by molar-refractivity contribution is 1.04. The van der Waals surface area contributed by atoms with E-state index in [1.54, 1.807) is 11.3 Å². The summed E-state index contributed by atoms with van der Waals surface area (Å²) in [5, 5.41) is 0. The van der Waals surface area contributed by atoms with E-state index in [-0.39, 0.29) is 5.92 Å². The van der Waals surface area contributed by atoms with Gasteiger partial charge in [-0.25, -0.2) is 0 Å². The Bertz CT molecular complexity index is 252. The minimum atomic E-state index is 0.277. The summed E-state index contributed by atoms with van der Waals surface area (Å²) in [5.74, 6) is 2.98. The molecule has 52 valence electrons. The van der Waals surface area contributed by atoms with Crippen LogP contribution in [-0.2, 0) is 0 Å². The van der Waals surface area contributed by atoms with E-state index in [0.29, 0.717) is 0 Å². The zero-order valence-corrected chi connectivity index (χ0v) is 7.03. The molecule has 0 aliphatic rings. The van der Waals surface area contributed by atoms with Gasteiger partial charge in [0.15, 0.2) is 0 Å². The molecule has 0 bridgehead atoms. The highest BCUT2D eigenvalue weighted by atomic mass is 32.1. The van der Waals surface area contributed by atoms with E-state index >= 15 is 0 Å². The maximum atomic E-state index is 5.27. The molecule has 10 heavy (non-hydrogen) atoms. The molecule has 0 aliphatic carbocycles. The monoisotopic (exact) mass is 150 g/mol. The van der Waals surface area contributed by atoms with Crippen LogP contribution in [0.1, 0.15) is 22.6 Å². The van der Waals surface area contributed by atoms with Gasteiger partial charge in [-0.3, -0.25) is 0 Å². The highest BCUT2D eigenvalue weighted by Gasteiger charge is 2.02. The maximum absolute atomic E-state index is 5.27. The summed E-state index contributed by atoms with van der Waals surface area (Å²) < 4.78 is 0. The first-order chi connectivity index (χ1) is 4.74. The van der Waals surface area contributed by atoms with Crippen LogP contribution < -0.4 is 0 Å². The quantitative estimate of drug-likeness (QED) is 0.540. The van der Waals surface area contributed by atoms with Crippen LogP contribution in [0.5, 0.6) is 0 Å². The van der Waals surface area contributed by atoms with Crippen molar-refractivity contribution in [2.75, 3.05) is 0 Å². The third-order valence-corrected chi connectivity index (χ3v) is 2.62. The molecule has 0 radical (unpaired) electrons. The normalized spacial score (nSPS) is 12.5. The fourth-order valence-corrected chi connectivity index (χ4v) is 1.66. The highest BCUT2D eigenvalue weighted by Crippen LogP contribution is 2.22. The Kier molecular flexibility index (Phi) is 2.13. The van der Waals surface area contributed by atoms with Crippen LogP contribution in [0.4, 0.5) is 0 Å². The van der Waals surface area contributed by atoms with Gasteiger partial charge in [0.25, 0.3) is 0 Å². The molecule has 0 spiro atoms. The van der Waals surface area contributed by atoms with E-state index in [4.69, 9.17) is 6.42 Å². The van der Waals surface area contributed by atoms with Gasteiger partial charge in [-0.1, -0.05) is 5.92 Å². The average Bonchev–Trinajstić information content (AvgIpc) is 2.34. The van der Waals surface area contributed by atoms with Gasteiger partial charge in [-0.15, -0.1) is 17.8 Å². The molecule has 0 saturated heterocycles. The van der Waals surface area contributed by atoms with Gasteiger partial charge in [-0.2, -0.15) is 0 Å². The lowest BCUT2D eigenvalue weighted by atomic mass is 10.1. The molecule has 1 aromatic rings. The average molecular weight is 150 g/mol. The van der Waals surface area contributed by atoms with Crippen LogP contribution >= 0.6 is 11.3 Å². The summed E-state index contributed by atoms with van der Waals surface area (Å²) >= 11 is 1.78. The molecule has 1 aromatic heterocycles. The second-order valence-corrected chi connectivity index (χ2v) is 3.66. The summed E-state index contributed by atoms with van der Waals surface area (Å²) in [4.78, 5) is 2.62.